The van der Waals surface area contributed by atoms with E-state index < -0.39 is 0 Å². The SMILES string of the molecule is Cc1cc(C2CCCCN2Cc2cc(C3CC3)on2)no1. The largest absolute Gasteiger partial charge is 0.361 e. The average molecular weight is 287 g/mol. The maximum Gasteiger partial charge on any atom is 0.140 e. The van der Waals surface area contributed by atoms with Crippen molar-refractivity contribution in [3.05, 3.63) is 35.0 Å². The minimum Gasteiger partial charge on any atom is -0.361 e. The van der Waals surface area contributed by atoms with Crippen LogP contribution in [0.4, 0.5) is 0 Å². The van der Waals surface area contributed by atoms with Gasteiger partial charge in [-0.2, -0.15) is 0 Å². The molecule has 1 atom stereocenters. The van der Waals surface area contributed by atoms with Crippen LogP contribution in [0.2, 0.25) is 0 Å². The summed E-state index contributed by atoms with van der Waals surface area (Å²) in [6, 6.07) is 4.54. The van der Waals surface area contributed by atoms with Crippen molar-refractivity contribution in [3.63, 3.8) is 0 Å². The van der Waals surface area contributed by atoms with E-state index in [0.29, 0.717) is 12.0 Å². The molecule has 2 aromatic heterocycles. The second-order valence-corrected chi connectivity index (χ2v) is 6.34. The first kappa shape index (κ1) is 13.1. The summed E-state index contributed by atoms with van der Waals surface area (Å²) in [5, 5.41) is 8.46. The Morgan fingerprint density at radius 1 is 1.14 bits per heavy atom. The molecule has 0 bridgehead atoms. The molecule has 0 aromatic carbocycles. The summed E-state index contributed by atoms with van der Waals surface area (Å²) in [4.78, 5) is 2.45. The van der Waals surface area contributed by atoms with Gasteiger partial charge in [0.05, 0.1) is 11.7 Å². The average Bonchev–Trinajstić information content (AvgIpc) is 3.09. The van der Waals surface area contributed by atoms with E-state index in [0.717, 1.165) is 42.4 Å². The van der Waals surface area contributed by atoms with Gasteiger partial charge in [-0.05, 0) is 39.2 Å². The summed E-state index contributed by atoms with van der Waals surface area (Å²) >= 11 is 0. The minimum atomic E-state index is 0.345. The van der Waals surface area contributed by atoms with Gasteiger partial charge in [0.2, 0.25) is 0 Å². The lowest BCUT2D eigenvalue weighted by Gasteiger charge is -2.33. The van der Waals surface area contributed by atoms with Gasteiger partial charge in [-0.1, -0.05) is 16.7 Å². The van der Waals surface area contributed by atoms with Crippen molar-refractivity contribution < 1.29 is 9.05 Å². The van der Waals surface area contributed by atoms with Crippen molar-refractivity contribution in [1.82, 2.24) is 15.2 Å². The van der Waals surface area contributed by atoms with Crippen molar-refractivity contribution in [1.29, 1.82) is 0 Å². The molecular formula is C16H21N3O2. The Kier molecular flexibility index (Phi) is 3.30. The first-order valence-corrected chi connectivity index (χ1v) is 7.92. The Morgan fingerprint density at radius 3 is 2.81 bits per heavy atom. The zero-order chi connectivity index (χ0) is 14.2. The molecule has 1 unspecified atom stereocenters. The Morgan fingerprint density at radius 2 is 2.05 bits per heavy atom. The number of likely N-dealkylation sites (tertiary alicyclic amines) is 1. The molecule has 1 saturated heterocycles. The highest BCUT2D eigenvalue weighted by molar-refractivity contribution is 5.15. The fraction of sp³-hybridized carbons (Fsp3) is 0.625. The fourth-order valence-corrected chi connectivity index (χ4v) is 3.23. The van der Waals surface area contributed by atoms with E-state index in [2.05, 4.69) is 27.3 Å². The number of aryl methyl sites for hydroxylation is 1. The molecule has 0 amide bonds. The normalized spacial score (nSPS) is 23.6. The lowest BCUT2D eigenvalue weighted by molar-refractivity contribution is 0.130. The molecule has 2 aromatic rings. The molecule has 4 rings (SSSR count). The van der Waals surface area contributed by atoms with Crippen LogP contribution in [-0.2, 0) is 6.54 Å². The van der Waals surface area contributed by atoms with Crippen molar-refractivity contribution >= 4 is 0 Å². The Labute approximate surface area is 124 Å². The van der Waals surface area contributed by atoms with E-state index in [1.807, 2.05) is 6.92 Å². The summed E-state index contributed by atoms with van der Waals surface area (Å²) in [5.74, 6) is 2.57. The maximum atomic E-state index is 5.46. The molecule has 1 aliphatic carbocycles. The highest BCUT2D eigenvalue weighted by Crippen LogP contribution is 2.40. The third-order valence-electron chi connectivity index (χ3n) is 4.52. The zero-order valence-corrected chi connectivity index (χ0v) is 12.4. The highest BCUT2D eigenvalue weighted by atomic mass is 16.5. The van der Waals surface area contributed by atoms with Gasteiger partial charge in [-0.15, -0.1) is 0 Å². The van der Waals surface area contributed by atoms with Crippen molar-refractivity contribution in [3.8, 4) is 0 Å². The van der Waals surface area contributed by atoms with Crippen LogP contribution < -0.4 is 0 Å². The lowest BCUT2D eigenvalue weighted by Crippen LogP contribution is -2.33. The van der Waals surface area contributed by atoms with Gasteiger partial charge in [-0.3, -0.25) is 4.90 Å². The van der Waals surface area contributed by atoms with E-state index in [-0.39, 0.29) is 0 Å². The van der Waals surface area contributed by atoms with Gasteiger partial charge in [-0.25, -0.2) is 0 Å². The van der Waals surface area contributed by atoms with Crippen LogP contribution >= 0.6 is 0 Å². The molecule has 0 N–H and O–H groups in total. The zero-order valence-electron chi connectivity index (χ0n) is 12.4. The number of nitrogens with zero attached hydrogens (tertiary/aromatic N) is 3. The van der Waals surface area contributed by atoms with Gasteiger partial charge in [0, 0.05) is 24.6 Å². The Hall–Kier alpha value is -1.62. The molecule has 5 nitrogen and oxygen atoms in total. The predicted molar refractivity (Wildman–Crippen MR) is 76.7 cm³/mol. The highest BCUT2D eigenvalue weighted by Gasteiger charge is 2.30. The third-order valence-corrected chi connectivity index (χ3v) is 4.52. The summed E-state index contributed by atoms with van der Waals surface area (Å²) in [6.45, 7) is 3.87. The molecule has 2 aliphatic rings. The van der Waals surface area contributed by atoms with Gasteiger partial charge in [0.15, 0.2) is 0 Å². The molecule has 21 heavy (non-hydrogen) atoms. The smallest absolute Gasteiger partial charge is 0.140 e. The van der Waals surface area contributed by atoms with Crippen LogP contribution in [0.25, 0.3) is 0 Å². The summed E-state index contributed by atoms with van der Waals surface area (Å²) in [6.07, 6.45) is 6.12. The lowest BCUT2D eigenvalue weighted by atomic mass is 9.99. The molecule has 0 radical (unpaired) electrons. The van der Waals surface area contributed by atoms with Crippen LogP contribution in [-0.4, -0.2) is 21.8 Å². The molecule has 1 saturated carbocycles. The van der Waals surface area contributed by atoms with Crippen LogP contribution in [0.3, 0.4) is 0 Å². The van der Waals surface area contributed by atoms with Crippen LogP contribution in [0.15, 0.2) is 21.2 Å². The summed E-state index contributed by atoms with van der Waals surface area (Å²) in [5.41, 5.74) is 2.10. The Balaban J connectivity index is 1.50. The quantitative estimate of drug-likeness (QED) is 0.860. The van der Waals surface area contributed by atoms with E-state index in [4.69, 9.17) is 9.05 Å². The van der Waals surface area contributed by atoms with Gasteiger partial charge >= 0.3 is 0 Å². The summed E-state index contributed by atoms with van der Waals surface area (Å²) < 4.78 is 10.7. The molecule has 1 aliphatic heterocycles. The second-order valence-electron chi connectivity index (χ2n) is 6.34. The first-order valence-electron chi connectivity index (χ1n) is 7.92. The Bertz CT molecular complexity index is 615. The fourth-order valence-electron chi connectivity index (χ4n) is 3.23. The van der Waals surface area contributed by atoms with Crippen LogP contribution in [0.1, 0.15) is 67.0 Å². The van der Waals surface area contributed by atoms with E-state index in [9.17, 15) is 0 Å². The summed E-state index contributed by atoms with van der Waals surface area (Å²) in [7, 11) is 0. The number of rotatable bonds is 4. The van der Waals surface area contributed by atoms with Crippen LogP contribution in [0.5, 0.6) is 0 Å². The number of aromatic nitrogens is 2. The van der Waals surface area contributed by atoms with Gasteiger partial charge in [0.25, 0.3) is 0 Å². The van der Waals surface area contributed by atoms with Gasteiger partial charge < -0.3 is 9.05 Å². The molecule has 5 heteroatoms. The maximum absolute atomic E-state index is 5.46. The van der Waals surface area contributed by atoms with Crippen molar-refractivity contribution in [2.45, 2.75) is 57.5 Å². The molecule has 112 valence electrons. The first-order chi connectivity index (χ1) is 10.3. The van der Waals surface area contributed by atoms with Crippen LogP contribution in [0, 0.1) is 6.92 Å². The number of hydrogen-bond donors (Lipinski definition) is 0. The van der Waals surface area contributed by atoms with E-state index in [1.54, 1.807) is 0 Å². The standard InChI is InChI=1S/C16H21N3O2/c1-11-8-14(18-20-11)15-4-2-3-7-19(15)10-13-9-16(21-17-13)12-5-6-12/h8-9,12,15H,2-7,10H2,1H3. The van der Waals surface area contributed by atoms with Crippen molar-refractivity contribution in [2.24, 2.45) is 0 Å². The van der Waals surface area contributed by atoms with E-state index >= 15 is 0 Å². The van der Waals surface area contributed by atoms with Crippen molar-refractivity contribution in [2.75, 3.05) is 6.54 Å². The monoisotopic (exact) mass is 287 g/mol. The molecule has 3 heterocycles. The molecule has 2 fully saturated rings. The number of piperidine rings is 1. The molecular weight excluding hydrogens is 266 g/mol. The topological polar surface area (TPSA) is 55.3 Å². The minimum absolute atomic E-state index is 0.345. The second kappa shape index (κ2) is 5.30. The third kappa shape index (κ3) is 2.75. The predicted octanol–water partition coefficient (Wildman–Crippen LogP) is 3.58. The van der Waals surface area contributed by atoms with Gasteiger partial charge in [0.1, 0.15) is 17.2 Å². The molecule has 0 spiro atoms. The van der Waals surface area contributed by atoms with E-state index in [1.165, 1.54) is 25.7 Å². The number of hydrogen-bond acceptors (Lipinski definition) is 5.